The summed E-state index contributed by atoms with van der Waals surface area (Å²) in [4.78, 5) is 16.5. The quantitative estimate of drug-likeness (QED) is 0.377. The first-order valence-corrected chi connectivity index (χ1v) is 9.58. The maximum absolute atomic E-state index is 11.9. The summed E-state index contributed by atoms with van der Waals surface area (Å²) in [6.45, 7) is 4.67. The lowest BCUT2D eigenvalue weighted by Crippen LogP contribution is -2.41. The first kappa shape index (κ1) is 19.6. The molecule has 0 spiro atoms. The van der Waals surface area contributed by atoms with Gasteiger partial charge in [0, 0.05) is 31.1 Å². The summed E-state index contributed by atoms with van der Waals surface area (Å²) in [6, 6.07) is 7.68. The van der Waals surface area contributed by atoms with E-state index in [1.54, 1.807) is 0 Å². The molecule has 0 radical (unpaired) electrons. The van der Waals surface area contributed by atoms with E-state index in [0.29, 0.717) is 32.0 Å². The van der Waals surface area contributed by atoms with E-state index in [4.69, 9.17) is 11.6 Å². The maximum atomic E-state index is 11.9. The van der Waals surface area contributed by atoms with Gasteiger partial charge in [0.1, 0.15) is 0 Å². The molecule has 0 aromatic heterocycles. The Morgan fingerprint density at radius 2 is 1.80 bits per heavy atom. The molecule has 3 N–H and O–H groups in total. The predicted molar refractivity (Wildman–Crippen MR) is 104 cm³/mol. The zero-order valence-corrected chi connectivity index (χ0v) is 15.7. The molecule has 1 aromatic rings. The molecule has 0 saturated heterocycles. The number of nitrogens with one attached hydrogen (secondary N) is 3. The third kappa shape index (κ3) is 7.78. The first-order chi connectivity index (χ1) is 12.2. The summed E-state index contributed by atoms with van der Waals surface area (Å²) in [5.74, 6) is 1.51. The maximum Gasteiger partial charge on any atom is 0.220 e. The number of hydrogen-bond acceptors (Lipinski definition) is 2. The van der Waals surface area contributed by atoms with E-state index >= 15 is 0 Å². The Bertz CT molecular complexity index is 553. The minimum absolute atomic E-state index is 0.164. The van der Waals surface area contributed by atoms with Crippen LogP contribution in [0.25, 0.3) is 0 Å². The molecule has 1 amide bonds. The molecule has 1 fully saturated rings. The van der Waals surface area contributed by atoms with Gasteiger partial charge in [0.15, 0.2) is 5.96 Å². The van der Waals surface area contributed by atoms with Gasteiger partial charge >= 0.3 is 0 Å². The number of carbonyl (C=O) groups is 1. The molecule has 2 rings (SSSR count). The second-order valence-electron chi connectivity index (χ2n) is 6.45. The molecule has 0 heterocycles. The van der Waals surface area contributed by atoms with Gasteiger partial charge in [-0.25, -0.2) is 4.99 Å². The van der Waals surface area contributed by atoms with Crippen LogP contribution in [0.15, 0.2) is 29.3 Å². The molecule has 6 heteroatoms. The van der Waals surface area contributed by atoms with E-state index in [1.165, 1.54) is 25.7 Å². The van der Waals surface area contributed by atoms with Crippen LogP contribution >= 0.6 is 11.6 Å². The molecule has 0 unspecified atom stereocenters. The van der Waals surface area contributed by atoms with Gasteiger partial charge in [-0.15, -0.1) is 0 Å². The van der Waals surface area contributed by atoms with Crippen molar-refractivity contribution in [3.8, 4) is 0 Å². The second kappa shape index (κ2) is 11.0. The molecular formula is C19H29ClN4O. The number of guanidine groups is 1. The zero-order chi connectivity index (χ0) is 17.9. The second-order valence-corrected chi connectivity index (χ2v) is 6.89. The van der Waals surface area contributed by atoms with Gasteiger partial charge in [-0.05, 0) is 43.4 Å². The molecule has 1 saturated carbocycles. The predicted octanol–water partition coefficient (Wildman–Crippen LogP) is 3.09. The fraction of sp³-hybridized carbons (Fsp3) is 0.579. The Balaban J connectivity index is 1.68. The van der Waals surface area contributed by atoms with Gasteiger partial charge < -0.3 is 16.0 Å². The molecule has 1 aromatic carbocycles. The Hall–Kier alpha value is -1.75. The summed E-state index contributed by atoms with van der Waals surface area (Å²) in [7, 11) is 0. The first-order valence-electron chi connectivity index (χ1n) is 9.20. The van der Waals surface area contributed by atoms with E-state index in [-0.39, 0.29) is 5.91 Å². The van der Waals surface area contributed by atoms with E-state index in [9.17, 15) is 4.79 Å². The molecule has 0 atom stereocenters. The standard InChI is InChI=1S/C19H29ClN4O/c1-2-21-19(24-14-16-7-9-17(20)10-8-16)23-12-11-22-18(25)13-15-5-3-4-6-15/h7-10,15H,2-6,11-14H2,1H3,(H,22,25)(H2,21,23,24). The Kier molecular flexibility index (Phi) is 8.60. The average Bonchev–Trinajstić information content (AvgIpc) is 3.10. The van der Waals surface area contributed by atoms with Crippen LogP contribution in [0.5, 0.6) is 0 Å². The van der Waals surface area contributed by atoms with Gasteiger partial charge in [0.25, 0.3) is 0 Å². The van der Waals surface area contributed by atoms with Crippen molar-refractivity contribution < 1.29 is 4.79 Å². The Labute approximate surface area is 155 Å². The number of hydrogen-bond donors (Lipinski definition) is 3. The van der Waals surface area contributed by atoms with Crippen molar-refractivity contribution in [1.82, 2.24) is 16.0 Å². The Morgan fingerprint density at radius 3 is 2.48 bits per heavy atom. The molecule has 5 nitrogen and oxygen atoms in total. The smallest absolute Gasteiger partial charge is 0.220 e. The summed E-state index contributed by atoms with van der Waals surface area (Å²) >= 11 is 5.89. The summed E-state index contributed by atoms with van der Waals surface area (Å²) in [5.41, 5.74) is 1.10. The van der Waals surface area contributed by atoms with Crippen molar-refractivity contribution in [2.75, 3.05) is 19.6 Å². The minimum atomic E-state index is 0.164. The van der Waals surface area contributed by atoms with Crippen molar-refractivity contribution in [1.29, 1.82) is 0 Å². The lowest BCUT2D eigenvalue weighted by atomic mass is 10.0. The normalized spacial score (nSPS) is 15.2. The lowest BCUT2D eigenvalue weighted by molar-refractivity contribution is -0.121. The highest BCUT2D eigenvalue weighted by molar-refractivity contribution is 6.30. The van der Waals surface area contributed by atoms with Gasteiger partial charge in [0.05, 0.1) is 6.54 Å². The molecule has 0 aliphatic heterocycles. The molecule has 1 aliphatic rings. The molecule has 138 valence electrons. The van der Waals surface area contributed by atoms with Crippen LogP contribution in [0.2, 0.25) is 5.02 Å². The third-order valence-electron chi connectivity index (χ3n) is 4.37. The fourth-order valence-corrected chi connectivity index (χ4v) is 3.16. The minimum Gasteiger partial charge on any atom is -0.357 e. The van der Waals surface area contributed by atoms with E-state index in [2.05, 4.69) is 20.9 Å². The summed E-state index contributed by atoms with van der Waals surface area (Å²) < 4.78 is 0. The lowest BCUT2D eigenvalue weighted by Gasteiger charge is -2.13. The van der Waals surface area contributed by atoms with Crippen molar-refractivity contribution >= 4 is 23.5 Å². The number of nitrogens with zero attached hydrogens (tertiary/aromatic N) is 1. The van der Waals surface area contributed by atoms with Crippen LogP contribution < -0.4 is 16.0 Å². The van der Waals surface area contributed by atoms with Crippen molar-refractivity contribution in [3.05, 3.63) is 34.9 Å². The number of rotatable bonds is 8. The summed E-state index contributed by atoms with van der Waals surface area (Å²) in [5, 5.41) is 10.2. The van der Waals surface area contributed by atoms with Crippen LogP contribution in [0.4, 0.5) is 0 Å². The highest BCUT2D eigenvalue weighted by Crippen LogP contribution is 2.27. The highest BCUT2D eigenvalue weighted by atomic mass is 35.5. The van der Waals surface area contributed by atoms with E-state index < -0.39 is 0 Å². The van der Waals surface area contributed by atoms with Gasteiger partial charge in [-0.3, -0.25) is 4.79 Å². The van der Waals surface area contributed by atoms with Crippen LogP contribution in [0.1, 0.15) is 44.6 Å². The third-order valence-corrected chi connectivity index (χ3v) is 4.62. The number of benzene rings is 1. The van der Waals surface area contributed by atoms with Crippen LogP contribution in [-0.2, 0) is 11.3 Å². The van der Waals surface area contributed by atoms with E-state index in [1.807, 2.05) is 31.2 Å². The highest BCUT2D eigenvalue weighted by Gasteiger charge is 2.17. The molecule has 0 bridgehead atoms. The van der Waals surface area contributed by atoms with Crippen molar-refractivity contribution in [3.63, 3.8) is 0 Å². The number of amides is 1. The molecule has 25 heavy (non-hydrogen) atoms. The van der Waals surface area contributed by atoms with E-state index in [0.717, 1.165) is 23.1 Å². The molecule has 1 aliphatic carbocycles. The Morgan fingerprint density at radius 1 is 1.12 bits per heavy atom. The largest absolute Gasteiger partial charge is 0.357 e. The zero-order valence-electron chi connectivity index (χ0n) is 15.0. The van der Waals surface area contributed by atoms with Crippen molar-refractivity contribution in [2.24, 2.45) is 10.9 Å². The molecular weight excluding hydrogens is 336 g/mol. The van der Waals surface area contributed by atoms with Crippen LogP contribution in [0.3, 0.4) is 0 Å². The van der Waals surface area contributed by atoms with Crippen molar-refractivity contribution in [2.45, 2.75) is 45.6 Å². The van der Waals surface area contributed by atoms with Gasteiger partial charge in [-0.1, -0.05) is 36.6 Å². The SMILES string of the molecule is CCNC(=NCc1ccc(Cl)cc1)NCCNC(=O)CC1CCCC1. The fourth-order valence-electron chi connectivity index (χ4n) is 3.03. The van der Waals surface area contributed by atoms with Gasteiger partial charge in [0.2, 0.25) is 5.91 Å². The van der Waals surface area contributed by atoms with Crippen LogP contribution in [0, 0.1) is 5.92 Å². The number of halogens is 1. The topological polar surface area (TPSA) is 65.5 Å². The number of aliphatic imine (C=N–C) groups is 1. The summed E-state index contributed by atoms with van der Waals surface area (Å²) in [6.07, 6.45) is 5.62. The number of carbonyl (C=O) groups excluding carboxylic acids is 1. The average molecular weight is 365 g/mol. The van der Waals surface area contributed by atoms with Crippen LogP contribution in [-0.4, -0.2) is 31.5 Å². The monoisotopic (exact) mass is 364 g/mol. The van der Waals surface area contributed by atoms with Gasteiger partial charge in [-0.2, -0.15) is 0 Å².